The van der Waals surface area contributed by atoms with Crippen molar-refractivity contribution >= 4 is 17.6 Å². The van der Waals surface area contributed by atoms with Crippen LogP contribution in [0, 0.1) is 48.3 Å². The highest BCUT2D eigenvalue weighted by Gasteiger charge is 2.61. The van der Waals surface area contributed by atoms with E-state index in [0.29, 0.717) is 30.0 Å². The first kappa shape index (κ1) is 22.6. The Balaban J connectivity index is 1.41. The van der Waals surface area contributed by atoms with Crippen molar-refractivity contribution in [3.05, 3.63) is 34.7 Å². The SMILES string of the molecule is CC1=C2N(C)C(=O)CC[C@]2(C)[C@H]2CC[C@]3(C)[C@@H](C(=O)Nc4cc(C)cc(C)n4)CC[C@H]3[C@@H]2C1. The minimum atomic E-state index is 0.0364. The summed E-state index contributed by atoms with van der Waals surface area (Å²) < 4.78 is 0. The summed E-state index contributed by atoms with van der Waals surface area (Å²) in [5.41, 5.74) is 4.88. The van der Waals surface area contributed by atoms with Gasteiger partial charge in [0.1, 0.15) is 5.82 Å². The number of fused-ring (bicyclic) bond motifs is 5. The topological polar surface area (TPSA) is 62.3 Å². The molecule has 178 valence electrons. The quantitative estimate of drug-likeness (QED) is 0.636. The lowest BCUT2D eigenvalue weighted by molar-refractivity contribution is -0.137. The molecule has 33 heavy (non-hydrogen) atoms. The molecule has 5 nitrogen and oxygen atoms in total. The standard InChI is InChI=1S/C28H39N3O2/c1-16-13-18(3)29-23(14-16)30-26(33)22-8-7-20-19-15-17(2)25-28(5,12-10-24(32)31(25)6)21(19)9-11-27(20,22)4/h13-14,19-22H,7-12,15H2,1-6H3,(H,29,30,33)/t19-,20-,21-,22+,27-,28+/m0/s1. The van der Waals surface area contributed by atoms with E-state index in [-0.39, 0.29) is 28.6 Å². The van der Waals surface area contributed by atoms with Crippen LogP contribution in [0.25, 0.3) is 0 Å². The molecular weight excluding hydrogens is 410 g/mol. The molecule has 3 fully saturated rings. The zero-order valence-electron chi connectivity index (χ0n) is 21.1. The zero-order chi connectivity index (χ0) is 23.7. The van der Waals surface area contributed by atoms with Gasteiger partial charge in [0.15, 0.2) is 0 Å². The molecule has 1 aromatic rings. The van der Waals surface area contributed by atoms with Crippen molar-refractivity contribution in [3.8, 4) is 0 Å². The van der Waals surface area contributed by atoms with Crippen LogP contribution in [0.4, 0.5) is 5.82 Å². The Hall–Kier alpha value is -2.17. The molecule has 5 heteroatoms. The zero-order valence-corrected chi connectivity index (χ0v) is 21.1. The second-order valence-corrected chi connectivity index (χ2v) is 11.9. The van der Waals surface area contributed by atoms with Gasteiger partial charge < -0.3 is 10.2 Å². The Bertz CT molecular complexity index is 1030. The summed E-state index contributed by atoms with van der Waals surface area (Å²) in [5, 5.41) is 3.16. The third-order valence-corrected chi connectivity index (χ3v) is 9.98. The minimum absolute atomic E-state index is 0.0364. The second-order valence-electron chi connectivity index (χ2n) is 11.9. The molecule has 4 aliphatic rings. The molecule has 1 saturated heterocycles. The molecule has 1 aliphatic heterocycles. The van der Waals surface area contributed by atoms with E-state index in [2.05, 4.69) is 31.1 Å². The van der Waals surface area contributed by atoms with Crippen molar-refractivity contribution in [2.24, 2.45) is 34.5 Å². The van der Waals surface area contributed by atoms with Crippen LogP contribution in [0.1, 0.15) is 77.0 Å². The molecular formula is C28H39N3O2. The van der Waals surface area contributed by atoms with E-state index < -0.39 is 0 Å². The summed E-state index contributed by atoms with van der Waals surface area (Å²) in [4.78, 5) is 32.5. The van der Waals surface area contributed by atoms with Crippen LogP contribution in [0.5, 0.6) is 0 Å². The number of aryl methyl sites for hydroxylation is 2. The van der Waals surface area contributed by atoms with E-state index in [1.807, 2.05) is 37.9 Å². The number of allylic oxidation sites excluding steroid dienone is 2. The number of rotatable bonds is 2. The number of carbonyl (C=O) groups excluding carboxylic acids is 2. The largest absolute Gasteiger partial charge is 0.319 e. The third kappa shape index (κ3) is 3.37. The van der Waals surface area contributed by atoms with Gasteiger partial charge in [0, 0.05) is 36.2 Å². The number of carbonyl (C=O) groups is 2. The summed E-state index contributed by atoms with van der Waals surface area (Å²) in [7, 11) is 1.98. The monoisotopic (exact) mass is 449 g/mol. The second kappa shape index (κ2) is 7.68. The third-order valence-electron chi connectivity index (χ3n) is 9.98. The molecule has 0 unspecified atom stereocenters. The fraction of sp³-hybridized carbons (Fsp3) is 0.679. The van der Waals surface area contributed by atoms with Crippen molar-refractivity contribution in [2.45, 2.75) is 79.6 Å². The maximum atomic E-state index is 13.5. The first-order valence-corrected chi connectivity index (χ1v) is 12.8. The number of nitrogens with zero attached hydrogens (tertiary/aromatic N) is 2. The number of hydrogen-bond acceptors (Lipinski definition) is 3. The van der Waals surface area contributed by atoms with Gasteiger partial charge in [-0.25, -0.2) is 4.98 Å². The fourth-order valence-electron chi connectivity index (χ4n) is 8.66. The number of pyridine rings is 1. The summed E-state index contributed by atoms with van der Waals surface area (Å²) in [6.45, 7) is 11.1. The number of hydrogen-bond donors (Lipinski definition) is 1. The predicted molar refractivity (Wildman–Crippen MR) is 130 cm³/mol. The minimum Gasteiger partial charge on any atom is -0.319 e. The first-order valence-electron chi connectivity index (χ1n) is 12.8. The number of piperidine rings is 1. The van der Waals surface area contributed by atoms with E-state index in [1.165, 1.54) is 11.3 Å². The maximum absolute atomic E-state index is 13.5. The molecule has 3 aliphatic carbocycles. The summed E-state index contributed by atoms with van der Waals surface area (Å²) in [6, 6.07) is 4.00. The Labute approximate surface area is 198 Å². The van der Waals surface area contributed by atoms with Crippen LogP contribution in [0.2, 0.25) is 0 Å². The first-order chi connectivity index (χ1) is 15.5. The van der Waals surface area contributed by atoms with Crippen molar-refractivity contribution in [1.82, 2.24) is 9.88 Å². The average molecular weight is 450 g/mol. The lowest BCUT2D eigenvalue weighted by Gasteiger charge is -2.59. The van der Waals surface area contributed by atoms with Gasteiger partial charge in [-0.05, 0) is 100 Å². The van der Waals surface area contributed by atoms with Crippen LogP contribution < -0.4 is 5.32 Å². The van der Waals surface area contributed by atoms with E-state index in [0.717, 1.165) is 49.8 Å². The van der Waals surface area contributed by atoms with E-state index in [4.69, 9.17) is 0 Å². The highest BCUT2D eigenvalue weighted by molar-refractivity contribution is 5.92. The van der Waals surface area contributed by atoms with Gasteiger partial charge >= 0.3 is 0 Å². The van der Waals surface area contributed by atoms with Crippen LogP contribution >= 0.6 is 0 Å². The number of anilines is 1. The van der Waals surface area contributed by atoms with Crippen LogP contribution in [0.15, 0.2) is 23.4 Å². The Morgan fingerprint density at radius 2 is 1.85 bits per heavy atom. The number of aromatic nitrogens is 1. The molecule has 2 amide bonds. The Morgan fingerprint density at radius 3 is 2.58 bits per heavy atom. The molecule has 0 aromatic carbocycles. The smallest absolute Gasteiger partial charge is 0.229 e. The van der Waals surface area contributed by atoms with Crippen LogP contribution in [-0.4, -0.2) is 28.7 Å². The van der Waals surface area contributed by atoms with Crippen molar-refractivity contribution in [1.29, 1.82) is 0 Å². The molecule has 0 spiro atoms. The lowest BCUT2D eigenvalue weighted by atomic mass is 9.48. The van der Waals surface area contributed by atoms with Gasteiger partial charge in [0.05, 0.1) is 0 Å². The van der Waals surface area contributed by atoms with Gasteiger partial charge in [-0.15, -0.1) is 0 Å². The lowest BCUT2D eigenvalue weighted by Crippen LogP contribution is -2.54. The van der Waals surface area contributed by atoms with E-state index in [9.17, 15) is 9.59 Å². The van der Waals surface area contributed by atoms with Crippen molar-refractivity contribution < 1.29 is 9.59 Å². The summed E-state index contributed by atoms with van der Waals surface area (Å²) in [5.74, 6) is 2.91. The molecule has 1 N–H and O–H groups in total. The van der Waals surface area contributed by atoms with Crippen LogP contribution in [0.3, 0.4) is 0 Å². The van der Waals surface area contributed by atoms with Crippen LogP contribution in [-0.2, 0) is 9.59 Å². The predicted octanol–water partition coefficient (Wildman–Crippen LogP) is 5.63. The molecule has 5 rings (SSSR count). The Kier molecular flexibility index (Phi) is 5.26. The molecule has 6 atom stereocenters. The van der Waals surface area contributed by atoms with Crippen molar-refractivity contribution in [3.63, 3.8) is 0 Å². The fourth-order valence-corrected chi connectivity index (χ4v) is 8.66. The highest BCUT2D eigenvalue weighted by Crippen LogP contribution is 2.66. The average Bonchev–Trinajstić information content (AvgIpc) is 3.08. The number of amides is 2. The molecule has 0 bridgehead atoms. The van der Waals surface area contributed by atoms with Gasteiger partial charge in [-0.1, -0.05) is 19.4 Å². The number of nitrogens with one attached hydrogen (secondary N) is 1. The molecule has 2 heterocycles. The van der Waals surface area contributed by atoms with Crippen molar-refractivity contribution in [2.75, 3.05) is 12.4 Å². The van der Waals surface area contributed by atoms with E-state index >= 15 is 0 Å². The van der Waals surface area contributed by atoms with Gasteiger partial charge in [0.2, 0.25) is 11.8 Å². The van der Waals surface area contributed by atoms with E-state index in [1.54, 1.807) is 0 Å². The van der Waals surface area contributed by atoms with Gasteiger partial charge in [0.25, 0.3) is 0 Å². The summed E-state index contributed by atoms with van der Waals surface area (Å²) in [6.07, 6.45) is 7.03. The molecule has 0 radical (unpaired) electrons. The molecule has 1 aromatic heterocycles. The molecule has 2 saturated carbocycles. The van der Waals surface area contributed by atoms with Gasteiger partial charge in [-0.2, -0.15) is 0 Å². The number of likely N-dealkylation sites (tertiary alicyclic amines) is 1. The highest BCUT2D eigenvalue weighted by atomic mass is 16.2. The maximum Gasteiger partial charge on any atom is 0.229 e. The normalized spacial score (nSPS) is 38.0. The van der Waals surface area contributed by atoms with Gasteiger partial charge in [-0.3, -0.25) is 9.59 Å². The Morgan fingerprint density at radius 1 is 1.09 bits per heavy atom. The summed E-state index contributed by atoms with van der Waals surface area (Å²) >= 11 is 0.